The fourth-order valence-electron chi connectivity index (χ4n) is 5.40. The fourth-order valence-corrected chi connectivity index (χ4v) is 5.40. The third kappa shape index (κ3) is 4.47. The van der Waals surface area contributed by atoms with E-state index in [9.17, 15) is 10.1 Å². The van der Waals surface area contributed by atoms with Gasteiger partial charge < -0.3 is 19.5 Å². The quantitative estimate of drug-likeness (QED) is 0.543. The van der Waals surface area contributed by atoms with E-state index in [-0.39, 0.29) is 18.0 Å². The minimum Gasteiger partial charge on any atom is -0.492 e. The fraction of sp³-hybridized carbons (Fsp3) is 0.429. The van der Waals surface area contributed by atoms with Crippen molar-refractivity contribution in [2.75, 3.05) is 19.7 Å². The molecule has 5 rings (SSSR count). The first-order chi connectivity index (χ1) is 17.5. The number of aryl methyl sites for hydroxylation is 1. The number of imidazole rings is 1. The third-order valence-corrected chi connectivity index (χ3v) is 7.35. The number of aromatic nitrogens is 3. The molecule has 186 valence electrons. The topological polar surface area (TPSA) is 96.1 Å². The molecule has 2 aliphatic rings. The molecular formula is C28H32N6O2. The maximum atomic E-state index is 13.9. The van der Waals surface area contributed by atoms with Crippen LogP contribution in [0.3, 0.4) is 0 Å². The smallest absolute Gasteiger partial charge is 0.254 e. The zero-order valence-corrected chi connectivity index (χ0v) is 21.1. The Morgan fingerprint density at radius 1 is 1.31 bits per heavy atom. The number of hydrogen-bond acceptors (Lipinski definition) is 6. The Morgan fingerprint density at radius 3 is 2.86 bits per heavy atom. The maximum Gasteiger partial charge on any atom is 0.254 e. The van der Waals surface area contributed by atoms with Crippen LogP contribution >= 0.6 is 0 Å². The number of nitrogens with one attached hydrogen (secondary N) is 1. The molecule has 36 heavy (non-hydrogen) atoms. The van der Waals surface area contributed by atoms with Crippen LogP contribution in [-0.4, -0.2) is 45.0 Å². The summed E-state index contributed by atoms with van der Waals surface area (Å²) in [5.74, 6) is 1.48. The van der Waals surface area contributed by atoms with Gasteiger partial charge in [0.2, 0.25) is 0 Å². The minimum absolute atomic E-state index is 0.0244. The van der Waals surface area contributed by atoms with Crippen molar-refractivity contribution in [2.24, 2.45) is 0 Å². The van der Waals surface area contributed by atoms with Crippen LogP contribution in [0.1, 0.15) is 82.9 Å². The Kier molecular flexibility index (Phi) is 6.75. The van der Waals surface area contributed by atoms with Crippen molar-refractivity contribution in [1.29, 1.82) is 5.26 Å². The highest BCUT2D eigenvalue weighted by atomic mass is 16.5. The van der Waals surface area contributed by atoms with Gasteiger partial charge in [-0.1, -0.05) is 6.07 Å². The van der Waals surface area contributed by atoms with E-state index in [1.807, 2.05) is 38.1 Å². The number of ether oxygens (including phenoxy) is 1. The average molecular weight is 485 g/mol. The first-order valence-corrected chi connectivity index (χ1v) is 12.7. The molecule has 4 heterocycles. The summed E-state index contributed by atoms with van der Waals surface area (Å²) in [6.45, 7) is 8.64. The normalized spacial score (nSPS) is 18.1. The van der Waals surface area contributed by atoms with Crippen molar-refractivity contribution >= 4 is 5.91 Å². The molecule has 1 N–H and O–H groups in total. The molecular weight excluding hydrogens is 452 g/mol. The summed E-state index contributed by atoms with van der Waals surface area (Å²) in [7, 11) is 0. The van der Waals surface area contributed by atoms with Crippen molar-refractivity contribution in [3.05, 3.63) is 76.1 Å². The largest absolute Gasteiger partial charge is 0.492 e. The monoisotopic (exact) mass is 484 g/mol. The summed E-state index contributed by atoms with van der Waals surface area (Å²) in [4.78, 5) is 24.7. The van der Waals surface area contributed by atoms with Gasteiger partial charge in [-0.05, 0) is 69.3 Å². The number of pyridine rings is 1. The number of carbonyl (C=O) groups is 1. The van der Waals surface area contributed by atoms with Gasteiger partial charge in [-0.15, -0.1) is 0 Å². The molecule has 1 fully saturated rings. The molecule has 0 spiro atoms. The van der Waals surface area contributed by atoms with Crippen molar-refractivity contribution in [2.45, 2.75) is 58.7 Å². The van der Waals surface area contributed by atoms with Crippen LogP contribution in [0.25, 0.3) is 0 Å². The number of carbonyl (C=O) groups excluding carboxylic acids is 1. The molecule has 2 unspecified atom stereocenters. The Balaban J connectivity index is 1.50. The van der Waals surface area contributed by atoms with Gasteiger partial charge in [-0.25, -0.2) is 4.98 Å². The van der Waals surface area contributed by atoms with E-state index in [0.717, 1.165) is 54.0 Å². The van der Waals surface area contributed by atoms with E-state index in [0.29, 0.717) is 31.0 Å². The zero-order chi connectivity index (χ0) is 25.2. The Labute approximate surface area is 211 Å². The maximum absolute atomic E-state index is 13.9. The zero-order valence-electron chi connectivity index (χ0n) is 21.1. The molecule has 2 atom stereocenters. The molecule has 3 aromatic rings. The summed E-state index contributed by atoms with van der Waals surface area (Å²) in [6, 6.07) is 8.31. The molecule has 0 bridgehead atoms. The molecule has 1 saturated heterocycles. The van der Waals surface area contributed by atoms with Crippen LogP contribution in [0.15, 0.2) is 36.8 Å². The summed E-state index contributed by atoms with van der Waals surface area (Å²) >= 11 is 0. The number of hydrogen-bond donors (Lipinski definition) is 1. The van der Waals surface area contributed by atoms with Crippen molar-refractivity contribution < 1.29 is 9.53 Å². The van der Waals surface area contributed by atoms with Crippen molar-refractivity contribution in [1.82, 2.24) is 24.8 Å². The molecule has 1 amide bonds. The lowest BCUT2D eigenvalue weighted by molar-refractivity contribution is 0.0668. The van der Waals surface area contributed by atoms with Gasteiger partial charge in [0.05, 0.1) is 18.3 Å². The second kappa shape index (κ2) is 10.1. The summed E-state index contributed by atoms with van der Waals surface area (Å²) in [6.07, 6.45) is 8.36. The summed E-state index contributed by atoms with van der Waals surface area (Å²) in [5.41, 5.74) is 5.43. The Hall–Kier alpha value is -3.70. The van der Waals surface area contributed by atoms with Crippen LogP contribution in [-0.2, 0) is 13.0 Å². The van der Waals surface area contributed by atoms with Gasteiger partial charge in [0.15, 0.2) is 0 Å². The Morgan fingerprint density at radius 2 is 2.17 bits per heavy atom. The van der Waals surface area contributed by atoms with Crippen molar-refractivity contribution in [3.63, 3.8) is 0 Å². The predicted molar refractivity (Wildman–Crippen MR) is 136 cm³/mol. The molecule has 0 aliphatic carbocycles. The molecule has 8 heteroatoms. The van der Waals surface area contributed by atoms with Gasteiger partial charge in [-0.3, -0.25) is 9.78 Å². The number of rotatable bonds is 7. The van der Waals surface area contributed by atoms with Gasteiger partial charge >= 0.3 is 0 Å². The second-order valence-electron chi connectivity index (χ2n) is 9.54. The Bertz CT molecular complexity index is 1320. The number of benzene rings is 1. The summed E-state index contributed by atoms with van der Waals surface area (Å²) < 4.78 is 7.77. The number of nitrogens with zero attached hydrogens (tertiary/aromatic N) is 5. The standard InChI is InChI=1S/C28H32N6O2/c1-4-36-27-14-26(32-16-21(27)15-29)18(2)34-10-7-22-23(25-6-5-8-31-25)12-20(13-24(22)28(34)35)17-33-11-9-30-19(33)3/h9,11-14,16,18,25,31H,4-8,10,17H2,1-3H3. The van der Waals surface area contributed by atoms with Crippen LogP contribution in [0.2, 0.25) is 0 Å². The lowest BCUT2D eigenvalue weighted by Gasteiger charge is -2.35. The highest BCUT2D eigenvalue weighted by molar-refractivity contribution is 5.97. The van der Waals surface area contributed by atoms with Gasteiger partial charge in [0.1, 0.15) is 23.2 Å². The van der Waals surface area contributed by atoms with E-state index in [1.54, 1.807) is 6.07 Å². The number of amides is 1. The van der Waals surface area contributed by atoms with Crippen LogP contribution in [0.5, 0.6) is 5.75 Å². The number of nitriles is 1. The SMILES string of the molecule is CCOc1cc(C(C)N2CCc3c(cc(Cn4ccnc4C)cc3C3CCCN3)C2=O)ncc1C#N. The van der Waals surface area contributed by atoms with Crippen LogP contribution in [0.4, 0.5) is 0 Å². The molecule has 8 nitrogen and oxygen atoms in total. The van der Waals surface area contributed by atoms with E-state index in [2.05, 4.69) is 38.1 Å². The van der Waals surface area contributed by atoms with Gasteiger partial charge in [-0.2, -0.15) is 5.26 Å². The first-order valence-electron chi connectivity index (χ1n) is 12.7. The number of fused-ring (bicyclic) bond motifs is 1. The van der Waals surface area contributed by atoms with E-state index in [1.165, 1.54) is 11.8 Å². The van der Waals surface area contributed by atoms with Gasteiger partial charge in [0.25, 0.3) is 5.91 Å². The molecule has 2 aliphatic heterocycles. The molecule has 0 radical (unpaired) electrons. The second-order valence-corrected chi connectivity index (χ2v) is 9.54. The average Bonchev–Trinajstić information content (AvgIpc) is 3.56. The lowest BCUT2D eigenvalue weighted by atomic mass is 9.87. The van der Waals surface area contributed by atoms with E-state index >= 15 is 0 Å². The molecule has 1 aromatic carbocycles. The third-order valence-electron chi connectivity index (χ3n) is 7.35. The van der Waals surface area contributed by atoms with Gasteiger partial charge in [0, 0.05) is 49.4 Å². The van der Waals surface area contributed by atoms with Crippen LogP contribution < -0.4 is 10.1 Å². The minimum atomic E-state index is -0.245. The van der Waals surface area contributed by atoms with Crippen LogP contribution in [0, 0.1) is 18.3 Å². The summed E-state index contributed by atoms with van der Waals surface area (Å²) in [5, 5.41) is 13.0. The van der Waals surface area contributed by atoms with E-state index < -0.39 is 0 Å². The lowest BCUT2D eigenvalue weighted by Crippen LogP contribution is -2.40. The first kappa shape index (κ1) is 24.0. The molecule has 2 aromatic heterocycles. The predicted octanol–water partition coefficient (Wildman–Crippen LogP) is 4.09. The van der Waals surface area contributed by atoms with E-state index in [4.69, 9.17) is 4.74 Å². The highest BCUT2D eigenvalue weighted by Gasteiger charge is 2.33. The highest BCUT2D eigenvalue weighted by Crippen LogP contribution is 2.35. The van der Waals surface area contributed by atoms with Crippen molar-refractivity contribution in [3.8, 4) is 11.8 Å². The molecule has 0 saturated carbocycles.